The van der Waals surface area contributed by atoms with Crippen LogP contribution in [0.3, 0.4) is 0 Å². The van der Waals surface area contributed by atoms with Crippen LogP contribution in [-0.2, 0) is 6.54 Å². The Hall–Kier alpha value is -3.13. The van der Waals surface area contributed by atoms with Crippen LogP contribution in [0.4, 0.5) is 0 Å². The first kappa shape index (κ1) is 16.3. The number of fused-ring (bicyclic) bond motifs is 1. The molecule has 0 spiro atoms. The molecule has 0 atom stereocenters. The first-order valence-electron chi connectivity index (χ1n) is 8.50. The van der Waals surface area contributed by atoms with Gasteiger partial charge in [0.15, 0.2) is 11.9 Å². The van der Waals surface area contributed by atoms with Gasteiger partial charge in [-0.1, -0.05) is 0 Å². The number of hydrogen-bond donors (Lipinski definition) is 2. The van der Waals surface area contributed by atoms with E-state index in [2.05, 4.69) is 17.2 Å². The van der Waals surface area contributed by atoms with Crippen molar-refractivity contribution in [3.63, 3.8) is 0 Å². The molecule has 0 radical (unpaired) electrons. The van der Waals surface area contributed by atoms with Gasteiger partial charge in [-0.2, -0.15) is 0 Å². The summed E-state index contributed by atoms with van der Waals surface area (Å²) in [5.74, 6) is 6.55. The zero-order chi connectivity index (χ0) is 18.3. The van der Waals surface area contributed by atoms with Gasteiger partial charge in [-0.25, -0.2) is 15.8 Å². The third kappa shape index (κ3) is 3.18. The Morgan fingerprint density at radius 1 is 1.38 bits per heavy atom. The lowest BCUT2D eigenvalue weighted by molar-refractivity contribution is 0.111. The summed E-state index contributed by atoms with van der Waals surface area (Å²) in [6, 6.07) is 2.13. The number of allylic oxidation sites excluding steroid dienone is 1. The highest BCUT2D eigenvalue weighted by Gasteiger charge is 2.25. The topological polar surface area (TPSA) is 107 Å². The summed E-state index contributed by atoms with van der Waals surface area (Å²) < 4.78 is 3.86. The highest BCUT2D eigenvalue weighted by atomic mass is 16.1. The van der Waals surface area contributed by atoms with E-state index in [-0.39, 0.29) is 0 Å². The number of aromatic nitrogens is 4. The summed E-state index contributed by atoms with van der Waals surface area (Å²) in [5.41, 5.74) is 10.5. The molecule has 1 aliphatic rings. The summed E-state index contributed by atoms with van der Waals surface area (Å²) in [7, 11) is 0. The van der Waals surface area contributed by atoms with E-state index in [1.807, 2.05) is 15.2 Å². The maximum atomic E-state index is 11.0. The molecular formula is C18H21N7O. The maximum absolute atomic E-state index is 11.0. The summed E-state index contributed by atoms with van der Waals surface area (Å²) in [5, 5.41) is 1.51. The second kappa shape index (κ2) is 6.30. The quantitative estimate of drug-likeness (QED) is 0.398. The first-order valence-corrected chi connectivity index (χ1v) is 8.50. The van der Waals surface area contributed by atoms with E-state index in [1.165, 1.54) is 23.4 Å². The lowest BCUT2D eigenvalue weighted by Gasteiger charge is -2.11. The number of carbonyl (C=O) groups excluding carboxylic acids is 1. The monoisotopic (exact) mass is 351 g/mol. The van der Waals surface area contributed by atoms with Gasteiger partial charge in [0.1, 0.15) is 12.0 Å². The lowest BCUT2D eigenvalue weighted by Crippen LogP contribution is -2.25. The Labute approximate surface area is 150 Å². The molecule has 3 heterocycles. The van der Waals surface area contributed by atoms with Crippen LogP contribution < -0.4 is 11.6 Å². The highest BCUT2D eigenvalue weighted by Crippen LogP contribution is 2.41. The predicted octanol–water partition coefficient (Wildman–Crippen LogP) is 1.71. The molecule has 4 N–H and O–H groups in total. The number of pyridine rings is 1. The number of nitrogens with two attached hydrogens (primary N) is 2. The molecule has 4 rings (SSSR count). The standard InChI is InChI=1S/C18H21N7O/c1-12(19)5-25(20)9-15-7-23-6-14(13-2-3-13)4-17(18(23)22-15)24-8-16(10-26)21-11-24/h4-8,10-11,13H,2-3,9,19-20H2,1H3/b12-5-. The zero-order valence-corrected chi connectivity index (χ0v) is 14.5. The van der Waals surface area contributed by atoms with Crippen molar-refractivity contribution in [2.45, 2.75) is 32.2 Å². The number of imidazole rings is 2. The van der Waals surface area contributed by atoms with Crippen molar-refractivity contribution in [2.75, 3.05) is 0 Å². The van der Waals surface area contributed by atoms with Crippen LogP contribution in [0.1, 0.15) is 47.4 Å². The van der Waals surface area contributed by atoms with E-state index in [9.17, 15) is 4.79 Å². The Morgan fingerprint density at radius 2 is 2.19 bits per heavy atom. The van der Waals surface area contributed by atoms with Crippen LogP contribution >= 0.6 is 0 Å². The molecule has 0 unspecified atom stereocenters. The highest BCUT2D eigenvalue weighted by molar-refractivity contribution is 5.72. The molecule has 0 bridgehead atoms. The van der Waals surface area contributed by atoms with Crippen molar-refractivity contribution in [2.24, 2.45) is 11.6 Å². The Bertz CT molecular complexity index is 992. The molecule has 8 nitrogen and oxygen atoms in total. The smallest absolute Gasteiger partial charge is 0.170 e. The fraction of sp³-hybridized carbons (Fsp3) is 0.278. The molecule has 8 heteroatoms. The minimum absolute atomic E-state index is 0.392. The molecule has 0 aliphatic heterocycles. The lowest BCUT2D eigenvalue weighted by atomic mass is 10.2. The number of carbonyl (C=O) groups is 1. The molecule has 3 aromatic rings. The van der Waals surface area contributed by atoms with Gasteiger partial charge in [0.2, 0.25) is 0 Å². The Morgan fingerprint density at radius 3 is 2.85 bits per heavy atom. The average molecular weight is 351 g/mol. The summed E-state index contributed by atoms with van der Waals surface area (Å²) in [4.78, 5) is 19.8. The van der Waals surface area contributed by atoms with Crippen LogP contribution in [0, 0.1) is 0 Å². The molecule has 26 heavy (non-hydrogen) atoms. The molecule has 1 saturated carbocycles. The molecule has 134 valence electrons. The van der Waals surface area contributed by atoms with Gasteiger partial charge in [-0.05, 0) is 37.3 Å². The maximum Gasteiger partial charge on any atom is 0.170 e. The molecule has 0 aromatic carbocycles. The van der Waals surface area contributed by atoms with Gasteiger partial charge in [0, 0.05) is 30.5 Å². The van der Waals surface area contributed by atoms with Crippen molar-refractivity contribution >= 4 is 11.9 Å². The van der Waals surface area contributed by atoms with Gasteiger partial charge in [0.05, 0.1) is 17.9 Å². The fourth-order valence-electron chi connectivity index (χ4n) is 3.08. The molecule has 1 fully saturated rings. The zero-order valence-electron chi connectivity index (χ0n) is 14.5. The molecule has 0 amide bonds. The van der Waals surface area contributed by atoms with E-state index in [0.717, 1.165) is 23.3 Å². The summed E-state index contributed by atoms with van der Waals surface area (Å²) in [6.07, 6.45) is 12.3. The number of aldehydes is 1. The number of hydrogen-bond acceptors (Lipinski definition) is 6. The normalized spacial score (nSPS) is 14.8. The van der Waals surface area contributed by atoms with Gasteiger partial charge >= 0.3 is 0 Å². The summed E-state index contributed by atoms with van der Waals surface area (Å²) >= 11 is 0. The fourth-order valence-corrected chi connectivity index (χ4v) is 3.08. The van der Waals surface area contributed by atoms with Gasteiger partial charge in [0.25, 0.3) is 0 Å². The first-order chi connectivity index (χ1) is 12.5. The third-order valence-electron chi connectivity index (χ3n) is 4.37. The van der Waals surface area contributed by atoms with Gasteiger partial charge in [-0.3, -0.25) is 4.79 Å². The third-order valence-corrected chi connectivity index (χ3v) is 4.37. The predicted molar refractivity (Wildman–Crippen MR) is 97.4 cm³/mol. The van der Waals surface area contributed by atoms with Crippen molar-refractivity contribution in [3.05, 3.63) is 59.8 Å². The van der Waals surface area contributed by atoms with Crippen LogP contribution in [0.25, 0.3) is 11.3 Å². The number of rotatable bonds is 6. The van der Waals surface area contributed by atoms with Gasteiger partial charge < -0.3 is 19.7 Å². The SMILES string of the molecule is C/C(N)=C/N(N)Cc1cn2cc(C3CC3)cc(-n3cnc(C=O)c3)c2n1. The van der Waals surface area contributed by atoms with E-state index < -0.39 is 0 Å². The van der Waals surface area contributed by atoms with Crippen LogP contribution in [0.2, 0.25) is 0 Å². The van der Waals surface area contributed by atoms with E-state index in [0.29, 0.717) is 23.9 Å². The molecular weight excluding hydrogens is 330 g/mol. The van der Waals surface area contributed by atoms with E-state index in [4.69, 9.17) is 16.6 Å². The number of hydrazine groups is 1. The van der Waals surface area contributed by atoms with Crippen molar-refractivity contribution < 1.29 is 4.79 Å². The van der Waals surface area contributed by atoms with E-state index in [1.54, 1.807) is 25.6 Å². The largest absolute Gasteiger partial charge is 0.401 e. The number of nitrogens with zero attached hydrogens (tertiary/aromatic N) is 5. The minimum atomic E-state index is 0.392. The molecule has 0 saturated heterocycles. The Kier molecular flexibility index (Phi) is 3.96. The molecule has 3 aromatic heterocycles. The van der Waals surface area contributed by atoms with Crippen molar-refractivity contribution in [1.29, 1.82) is 0 Å². The second-order valence-electron chi connectivity index (χ2n) is 6.77. The second-order valence-corrected chi connectivity index (χ2v) is 6.77. The van der Waals surface area contributed by atoms with Crippen LogP contribution in [-0.4, -0.2) is 30.2 Å². The molecule has 1 aliphatic carbocycles. The van der Waals surface area contributed by atoms with Gasteiger partial charge in [-0.15, -0.1) is 0 Å². The van der Waals surface area contributed by atoms with Crippen molar-refractivity contribution in [3.8, 4) is 5.69 Å². The van der Waals surface area contributed by atoms with E-state index >= 15 is 0 Å². The minimum Gasteiger partial charge on any atom is -0.401 e. The summed E-state index contributed by atoms with van der Waals surface area (Å²) in [6.45, 7) is 2.23. The Balaban J connectivity index is 1.78. The van der Waals surface area contributed by atoms with Crippen molar-refractivity contribution in [1.82, 2.24) is 23.9 Å². The average Bonchev–Trinajstić information content (AvgIpc) is 3.19. The van der Waals surface area contributed by atoms with Crippen LogP contribution in [0.15, 0.2) is 42.9 Å². The van der Waals surface area contributed by atoms with Crippen LogP contribution in [0.5, 0.6) is 0 Å².